The molecule has 3 aromatic carbocycles. The summed E-state index contributed by atoms with van der Waals surface area (Å²) in [5.74, 6) is -3.72. The van der Waals surface area contributed by atoms with Gasteiger partial charge in [0.05, 0.1) is 0 Å². The first-order valence-corrected chi connectivity index (χ1v) is 11.1. The maximum absolute atomic E-state index is 14.6. The van der Waals surface area contributed by atoms with Gasteiger partial charge in [-0.2, -0.15) is 0 Å². The van der Waals surface area contributed by atoms with Gasteiger partial charge >= 0.3 is 12.1 Å². The van der Waals surface area contributed by atoms with Crippen LogP contribution in [0.25, 0.3) is 0 Å². The number of carboxylic acid groups (broad SMARTS) is 1. The van der Waals surface area contributed by atoms with Gasteiger partial charge in [-0.1, -0.05) is 29.8 Å². The quantitative estimate of drug-likeness (QED) is 0.415. The van der Waals surface area contributed by atoms with Crippen LogP contribution in [0.3, 0.4) is 0 Å². The van der Waals surface area contributed by atoms with Crippen LogP contribution in [0.1, 0.15) is 28.3 Å². The Morgan fingerprint density at radius 2 is 1.86 bits per heavy atom. The third kappa shape index (κ3) is 5.72. The van der Waals surface area contributed by atoms with Crippen molar-refractivity contribution in [1.29, 1.82) is 0 Å². The lowest BCUT2D eigenvalue weighted by Gasteiger charge is -2.36. The predicted octanol–water partition coefficient (Wildman–Crippen LogP) is 5.44. The number of halogens is 4. The van der Waals surface area contributed by atoms with Crippen LogP contribution in [0.5, 0.6) is 5.75 Å². The van der Waals surface area contributed by atoms with Crippen molar-refractivity contribution in [3.8, 4) is 5.75 Å². The average Bonchev–Trinajstić information content (AvgIpc) is 2.84. The van der Waals surface area contributed by atoms with Gasteiger partial charge in [0, 0.05) is 17.1 Å². The van der Waals surface area contributed by atoms with Gasteiger partial charge in [0.25, 0.3) is 0 Å². The second-order valence-corrected chi connectivity index (χ2v) is 8.28. The number of ether oxygens (including phenoxy) is 2. The maximum atomic E-state index is 14.6. The maximum Gasteiger partial charge on any atom is 0.528 e. The molecule has 0 unspecified atom stereocenters. The van der Waals surface area contributed by atoms with E-state index >= 15 is 0 Å². The van der Waals surface area contributed by atoms with E-state index in [1.54, 1.807) is 6.07 Å². The molecule has 0 radical (unpaired) electrons. The monoisotopic (exact) mass is 521 g/mol. The van der Waals surface area contributed by atoms with E-state index in [1.165, 1.54) is 47.5 Å². The minimum atomic E-state index is -1.23. The van der Waals surface area contributed by atoms with Crippen molar-refractivity contribution in [2.75, 3.05) is 13.2 Å². The summed E-state index contributed by atoms with van der Waals surface area (Å²) in [7, 11) is 0. The van der Waals surface area contributed by atoms with Crippen molar-refractivity contribution in [3.05, 3.63) is 99.3 Å². The Bertz CT molecular complexity index is 1300. The molecule has 1 atom stereocenters. The molecule has 0 aliphatic carbocycles. The lowest BCUT2D eigenvalue weighted by molar-refractivity contribution is -0.153. The lowest BCUT2D eigenvalue weighted by atomic mass is 9.88. The molecule has 0 spiro atoms. The topological polar surface area (TPSA) is 85.3 Å². The van der Waals surface area contributed by atoms with Crippen molar-refractivity contribution < 1.29 is 42.2 Å². The molecule has 0 bridgehead atoms. The van der Waals surface area contributed by atoms with Crippen LogP contribution in [0.2, 0.25) is 5.02 Å². The molecule has 11 heteroatoms. The first-order valence-electron chi connectivity index (χ1n) is 10.7. The Morgan fingerprint density at radius 1 is 1.06 bits per heavy atom. The summed E-state index contributed by atoms with van der Waals surface area (Å²) in [5.41, 5.74) is 0.982. The highest BCUT2D eigenvalue weighted by molar-refractivity contribution is 6.30. The van der Waals surface area contributed by atoms with Gasteiger partial charge in [0.2, 0.25) is 0 Å². The van der Waals surface area contributed by atoms with E-state index in [9.17, 15) is 22.8 Å². The molecule has 7 nitrogen and oxygen atoms in total. The number of hydroxylamine groups is 2. The molecule has 4 rings (SSSR count). The number of nitrogens with zero attached hydrogens (tertiary/aromatic N) is 1. The van der Waals surface area contributed by atoms with Crippen LogP contribution in [-0.4, -0.2) is 35.4 Å². The Balaban J connectivity index is 1.66. The fraction of sp³-hybridized carbons (Fsp3) is 0.200. The fourth-order valence-corrected chi connectivity index (χ4v) is 4.12. The van der Waals surface area contributed by atoms with Gasteiger partial charge in [0.15, 0.2) is 18.2 Å². The number of hydrogen-bond acceptors (Lipinski definition) is 6. The summed E-state index contributed by atoms with van der Waals surface area (Å²) >= 11 is 6.18. The summed E-state index contributed by atoms with van der Waals surface area (Å²) in [5, 5.41) is 10.5. The number of carbonyl (C=O) groups is 2. The van der Waals surface area contributed by atoms with Gasteiger partial charge in [-0.25, -0.2) is 22.8 Å². The third-order valence-electron chi connectivity index (χ3n) is 5.45. The van der Waals surface area contributed by atoms with Crippen LogP contribution < -0.4 is 4.74 Å². The largest absolute Gasteiger partial charge is 0.528 e. The highest BCUT2D eigenvalue weighted by Gasteiger charge is 2.36. The molecular formula is C25H19ClF3NO6. The Kier molecular flexibility index (Phi) is 7.66. The molecule has 0 amide bonds. The molecule has 0 aromatic heterocycles. The Hall–Kier alpha value is -3.76. The van der Waals surface area contributed by atoms with Gasteiger partial charge in [-0.3, -0.25) is 0 Å². The fourth-order valence-electron chi connectivity index (χ4n) is 3.94. The zero-order valence-corrected chi connectivity index (χ0v) is 19.3. The van der Waals surface area contributed by atoms with Crippen molar-refractivity contribution in [2.45, 2.75) is 19.1 Å². The summed E-state index contributed by atoms with van der Waals surface area (Å²) in [4.78, 5) is 29.0. The van der Waals surface area contributed by atoms with E-state index in [0.29, 0.717) is 5.56 Å². The molecule has 36 heavy (non-hydrogen) atoms. The zero-order chi connectivity index (χ0) is 25.8. The molecule has 1 N–H and O–H groups in total. The average molecular weight is 522 g/mol. The number of carbonyl (C=O) groups excluding carboxylic acids is 1. The Labute approximate surface area is 208 Å². The van der Waals surface area contributed by atoms with Crippen molar-refractivity contribution in [3.63, 3.8) is 0 Å². The molecule has 0 fully saturated rings. The van der Waals surface area contributed by atoms with Gasteiger partial charge < -0.3 is 19.4 Å². The minimum Gasteiger partial charge on any atom is -0.482 e. The van der Waals surface area contributed by atoms with Crippen LogP contribution in [0.15, 0.2) is 54.6 Å². The smallest absolute Gasteiger partial charge is 0.482 e. The van der Waals surface area contributed by atoms with E-state index < -0.39 is 42.2 Å². The van der Waals surface area contributed by atoms with Crippen molar-refractivity contribution in [2.24, 2.45) is 0 Å². The molecule has 0 saturated carbocycles. The van der Waals surface area contributed by atoms with Crippen LogP contribution in [-0.2, 0) is 27.4 Å². The van der Waals surface area contributed by atoms with Crippen molar-refractivity contribution >= 4 is 23.7 Å². The number of fused-ring (bicyclic) bond motifs is 1. The molecule has 3 aromatic rings. The van der Waals surface area contributed by atoms with E-state index in [0.717, 1.165) is 6.07 Å². The highest BCUT2D eigenvalue weighted by Crippen LogP contribution is 2.41. The second-order valence-electron chi connectivity index (χ2n) is 7.85. The van der Waals surface area contributed by atoms with Crippen LogP contribution >= 0.6 is 11.6 Å². The number of benzene rings is 3. The molecule has 1 aliphatic rings. The van der Waals surface area contributed by atoms with Crippen molar-refractivity contribution in [1.82, 2.24) is 5.06 Å². The first-order chi connectivity index (χ1) is 17.2. The van der Waals surface area contributed by atoms with E-state index in [2.05, 4.69) is 0 Å². The molecule has 188 valence electrons. The third-order valence-corrected chi connectivity index (χ3v) is 5.69. The SMILES string of the molecule is O=C(O)COc1ccc(Cl)cc1[C@@H]1c2ccc(F)c(F)c2CCN1OC(=O)OCc1cccc(F)c1. The zero-order valence-electron chi connectivity index (χ0n) is 18.5. The van der Waals surface area contributed by atoms with Crippen LogP contribution in [0, 0.1) is 17.5 Å². The molecule has 1 aliphatic heterocycles. The second kappa shape index (κ2) is 10.9. The number of hydrogen-bond donors (Lipinski definition) is 1. The summed E-state index contributed by atoms with van der Waals surface area (Å²) in [6.07, 6.45) is -1.12. The van der Waals surface area contributed by atoms with Gasteiger partial charge in [-0.15, -0.1) is 5.06 Å². The molecule has 0 saturated heterocycles. The van der Waals surface area contributed by atoms with E-state index in [1.807, 2.05) is 0 Å². The number of carboxylic acids is 1. The lowest BCUT2D eigenvalue weighted by Crippen LogP contribution is -2.38. The summed E-state index contributed by atoms with van der Waals surface area (Å²) in [6, 6.07) is 11.1. The highest BCUT2D eigenvalue weighted by atomic mass is 35.5. The molecular weight excluding hydrogens is 503 g/mol. The Morgan fingerprint density at radius 3 is 2.61 bits per heavy atom. The first kappa shape index (κ1) is 25.3. The molecule has 1 heterocycles. The number of aliphatic carboxylic acids is 1. The summed E-state index contributed by atoms with van der Waals surface area (Å²) in [6.45, 7) is -1.00. The van der Waals surface area contributed by atoms with Crippen LogP contribution in [0.4, 0.5) is 18.0 Å². The normalized spacial score (nSPS) is 15.2. The van der Waals surface area contributed by atoms with E-state index in [-0.39, 0.29) is 47.0 Å². The summed E-state index contributed by atoms with van der Waals surface area (Å²) < 4.78 is 52.5. The van der Waals surface area contributed by atoms with E-state index in [4.69, 9.17) is 31.0 Å². The van der Waals surface area contributed by atoms with Gasteiger partial charge in [-0.05, 0) is 59.5 Å². The minimum absolute atomic E-state index is 0.00150. The van der Waals surface area contributed by atoms with Gasteiger partial charge in [0.1, 0.15) is 24.2 Å². The standard InChI is InChI=1S/C25H19ClF3NO6/c26-15-4-7-21(34-13-22(31)32)19(11-15)24-18-5-6-20(28)23(29)17(18)8-9-30(24)36-25(33)35-12-14-2-1-3-16(27)10-14/h1-7,10-11,24H,8-9,12-13H2,(H,31,32)/t24-/m0/s1. The number of rotatable bonds is 7. The predicted molar refractivity (Wildman–Crippen MR) is 121 cm³/mol.